The Balaban J connectivity index is 2.45. The van der Waals surface area contributed by atoms with Crippen molar-refractivity contribution in [2.24, 2.45) is 14.1 Å². The lowest BCUT2D eigenvalue weighted by Crippen LogP contribution is -2.40. The number of hydrogen-bond donors (Lipinski definition) is 3. The summed E-state index contributed by atoms with van der Waals surface area (Å²) < 4.78 is 7.15. The first-order valence-corrected chi connectivity index (χ1v) is 7.06. The van der Waals surface area contributed by atoms with Crippen LogP contribution in [0.1, 0.15) is 32.2 Å². The SMILES string of the molecule is Cc1c(NNc2c(C(C)(C)C)[nH]oc2=O)c(=O)n(C)c(=O)n1C. The predicted molar refractivity (Wildman–Crippen MR) is 86.9 cm³/mol. The Morgan fingerprint density at radius 2 is 1.57 bits per heavy atom. The largest absolute Gasteiger partial charge is 0.382 e. The number of H-pyrrole nitrogens is 1. The minimum Gasteiger partial charge on any atom is -0.336 e. The van der Waals surface area contributed by atoms with Crippen molar-refractivity contribution in [3.63, 3.8) is 0 Å². The molecule has 0 saturated heterocycles. The molecule has 3 N–H and O–H groups in total. The van der Waals surface area contributed by atoms with Gasteiger partial charge in [0.25, 0.3) is 5.56 Å². The van der Waals surface area contributed by atoms with Crippen molar-refractivity contribution in [2.75, 3.05) is 10.9 Å². The third-order valence-corrected chi connectivity index (χ3v) is 3.72. The van der Waals surface area contributed by atoms with Gasteiger partial charge in [-0.15, -0.1) is 0 Å². The van der Waals surface area contributed by atoms with Crippen molar-refractivity contribution in [1.82, 2.24) is 14.3 Å². The summed E-state index contributed by atoms with van der Waals surface area (Å²) in [5, 5.41) is 2.58. The van der Waals surface area contributed by atoms with Crippen molar-refractivity contribution in [3.8, 4) is 0 Å². The van der Waals surface area contributed by atoms with Crippen LogP contribution in [-0.4, -0.2) is 14.3 Å². The minimum atomic E-state index is -0.582. The van der Waals surface area contributed by atoms with Gasteiger partial charge in [0.1, 0.15) is 5.69 Å². The van der Waals surface area contributed by atoms with Crippen LogP contribution in [0.5, 0.6) is 0 Å². The van der Waals surface area contributed by atoms with Crippen LogP contribution in [0.15, 0.2) is 18.9 Å². The van der Waals surface area contributed by atoms with Gasteiger partial charge in [0, 0.05) is 25.2 Å². The minimum absolute atomic E-state index is 0.176. The zero-order valence-electron chi connectivity index (χ0n) is 14.0. The second-order valence-electron chi connectivity index (χ2n) is 6.41. The summed E-state index contributed by atoms with van der Waals surface area (Å²) in [4.78, 5) is 35.9. The smallest absolute Gasteiger partial charge is 0.336 e. The van der Waals surface area contributed by atoms with E-state index >= 15 is 0 Å². The van der Waals surface area contributed by atoms with Crippen LogP contribution in [0.4, 0.5) is 11.4 Å². The Bertz CT molecular complexity index is 907. The summed E-state index contributed by atoms with van der Waals surface area (Å²) in [6, 6.07) is 0. The third kappa shape index (κ3) is 2.81. The van der Waals surface area contributed by atoms with Gasteiger partial charge in [0.15, 0.2) is 5.69 Å². The van der Waals surface area contributed by atoms with Crippen LogP contribution in [0, 0.1) is 6.92 Å². The van der Waals surface area contributed by atoms with E-state index in [4.69, 9.17) is 4.52 Å². The Hall–Kier alpha value is -2.71. The van der Waals surface area contributed by atoms with Crippen LogP contribution in [0.2, 0.25) is 0 Å². The van der Waals surface area contributed by atoms with Crippen molar-refractivity contribution in [3.05, 3.63) is 42.6 Å². The fourth-order valence-electron chi connectivity index (χ4n) is 2.16. The number of anilines is 2. The second kappa shape index (κ2) is 5.49. The maximum atomic E-state index is 12.2. The van der Waals surface area contributed by atoms with Gasteiger partial charge in [-0.05, 0) is 6.92 Å². The van der Waals surface area contributed by atoms with E-state index in [1.807, 2.05) is 20.8 Å². The number of aromatic nitrogens is 3. The van der Waals surface area contributed by atoms with Crippen LogP contribution < -0.4 is 27.7 Å². The molecule has 0 saturated carbocycles. The lowest BCUT2D eigenvalue weighted by Gasteiger charge is -2.19. The number of rotatable bonds is 3. The quantitative estimate of drug-likeness (QED) is 0.705. The third-order valence-electron chi connectivity index (χ3n) is 3.72. The molecule has 9 nitrogen and oxygen atoms in total. The molecule has 0 aromatic carbocycles. The molecule has 0 aliphatic carbocycles. The maximum Gasteiger partial charge on any atom is 0.382 e. The summed E-state index contributed by atoms with van der Waals surface area (Å²) >= 11 is 0. The topological polar surface area (TPSA) is 114 Å². The van der Waals surface area contributed by atoms with E-state index in [1.165, 1.54) is 11.6 Å². The molecule has 0 amide bonds. The van der Waals surface area contributed by atoms with Gasteiger partial charge in [-0.2, -0.15) is 0 Å². The monoisotopic (exact) mass is 323 g/mol. The van der Waals surface area contributed by atoms with E-state index in [2.05, 4.69) is 16.0 Å². The molecular weight excluding hydrogens is 302 g/mol. The van der Waals surface area contributed by atoms with Gasteiger partial charge in [0.2, 0.25) is 0 Å². The van der Waals surface area contributed by atoms with Gasteiger partial charge in [-0.1, -0.05) is 20.8 Å². The summed E-state index contributed by atoms with van der Waals surface area (Å²) in [5.41, 5.74) is 4.97. The van der Waals surface area contributed by atoms with Crippen LogP contribution in [-0.2, 0) is 19.5 Å². The molecule has 0 bridgehead atoms. The van der Waals surface area contributed by atoms with Crippen molar-refractivity contribution < 1.29 is 4.52 Å². The number of hydrogen-bond acceptors (Lipinski definition) is 6. The van der Waals surface area contributed by atoms with Crippen molar-refractivity contribution >= 4 is 11.4 Å². The van der Waals surface area contributed by atoms with Crippen LogP contribution >= 0.6 is 0 Å². The van der Waals surface area contributed by atoms with Crippen LogP contribution in [0.25, 0.3) is 0 Å². The van der Waals surface area contributed by atoms with Gasteiger partial charge < -0.3 is 4.52 Å². The highest BCUT2D eigenvalue weighted by atomic mass is 16.5. The maximum absolute atomic E-state index is 12.2. The van der Waals surface area contributed by atoms with Gasteiger partial charge in [-0.3, -0.25) is 24.8 Å². The summed E-state index contributed by atoms with van der Waals surface area (Å²) in [7, 11) is 2.95. The first-order valence-electron chi connectivity index (χ1n) is 7.06. The summed E-state index contributed by atoms with van der Waals surface area (Å²) in [6.07, 6.45) is 0. The highest BCUT2D eigenvalue weighted by molar-refractivity contribution is 5.55. The molecule has 0 spiro atoms. The molecule has 0 atom stereocenters. The molecule has 2 heterocycles. The standard InChI is InChI=1S/C14H21N5O4/c1-7-8(11(20)19(6)13(22)18(7)5)15-16-9-10(14(2,3)4)17-23-12(9)21/h15-17H,1-6H3. The molecule has 23 heavy (non-hydrogen) atoms. The highest BCUT2D eigenvalue weighted by Crippen LogP contribution is 2.25. The average molecular weight is 323 g/mol. The average Bonchev–Trinajstić information content (AvgIpc) is 2.84. The molecule has 0 radical (unpaired) electrons. The van der Waals surface area contributed by atoms with Gasteiger partial charge >= 0.3 is 11.3 Å². The molecule has 0 aliphatic rings. The zero-order valence-corrected chi connectivity index (χ0v) is 14.0. The molecule has 0 aliphatic heterocycles. The molecule has 2 aromatic heterocycles. The van der Waals surface area contributed by atoms with E-state index in [1.54, 1.807) is 14.0 Å². The molecular formula is C14H21N5O4. The zero-order chi connectivity index (χ0) is 17.5. The molecule has 0 fully saturated rings. The van der Waals surface area contributed by atoms with Gasteiger partial charge in [-0.25, -0.2) is 14.7 Å². The lowest BCUT2D eigenvalue weighted by atomic mass is 9.91. The summed E-state index contributed by atoms with van der Waals surface area (Å²) in [5.74, 6) is 0. The fraction of sp³-hybridized carbons (Fsp3) is 0.500. The number of nitrogens with one attached hydrogen (secondary N) is 3. The summed E-state index contributed by atoms with van der Waals surface area (Å²) in [6.45, 7) is 7.37. The Kier molecular flexibility index (Phi) is 3.97. The predicted octanol–water partition coefficient (Wildman–Crippen LogP) is 0.410. The first-order chi connectivity index (χ1) is 10.6. The fourth-order valence-corrected chi connectivity index (χ4v) is 2.16. The van der Waals surface area contributed by atoms with E-state index in [9.17, 15) is 14.4 Å². The molecule has 126 valence electrons. The highest BCUT2D eigenvalue weighted by Gasteiger charge is 2.24. The molecule has 2 rings (SSSR count). The second-order valence-corrected chi connectivity index (χ2v) is 6.41. The van der Waals surface area contributed by atoms with E-state index < -0.39 is 16.9 Å². The molecule has 0 unspecified atom stereocenters. The number of nitrogens with zero attached hydrogens (tertiary/aromatic N) is 2. The van der Waals surface area contributed by atoms with E-state index in [0.717, 1.165) is 4.57 Å². The molecule has 2 aromatic rings. The molecule has 9 heteroatoms. The normalized spacial score (nSPS) is 11.6. The van der Waals surface area contributed by atoms with E-state index in [0.29, 0.717) is 11.4 Å². The Labute approximate surface area is 131 Å². The van der Waals surface area contributed by atoms with Crippen molar-refractivity contribution in [2.45, 2.75) is 33.1 Å². The van der Waals surface area contributed by atoms with Crippen molar-refractivity contribution in [1.29, 1.82) is 0 Å². The van der Waals surface area contributed by atoms with Gasteiger partial charge in [0.05, 0.1) is 5.69 Å². The lowest BCUT2D eigenvalue weighted by molar-refractivity contribution is 0.371. The first kappa shape index (κ1) is 16.7. The Morgan fingerprint density at radius 1 is 1.00 bits per heavy atom. The van der Waals surface area contributed by atoms with E-state index in [-0.39, 0.29) is 16.8 Å². The number of hydrazine groups is 1. The number of aromatic amines is 1. The van der Waals surface area contributed by atoms with Crippen LogP contribution in [0.3, 0.4) is 0 Å². The Morgan fingerprint density at radius 3 is 2.13 bits per heavy atom.